The first kappa shape index (κ1) is 18.0. The third-order valence-electron chi connectivity index (χ3n) is 3.57. The number of nitrogens with one attached hydrogen (secondary N) is 1. The Bertz CT molecular complexity index is 579. The van der Waals surface area contributed by atoms with Gasteiger partial charge >= 0.3 is 0 Å². The average molecular weight is 332 g/mol. The molecule has 6 heteroatoms. The van der Waals surface area contributed by atoms with Crippen molar-refractivity contribution in [3.05, 3.63) is 29.8 Å². The van der Waals surface area contributed by atoms with Crippen molar-refractivity contribution in [3.63, 3.8) is 0 Å². The number of aryl methyl sites for hydroxylation is 1. The van der Waals surface area contributed by atoms with Gasteiger partial charge in [0.05, 0.1) is 4.90 Å². The van der Waals surface area contributed by atoms with Gasteiger partial charge in [-0.1, -0.05) is 32.9 Å². The molecule has 0 aliphatic carbocycles. The highest BCUT2D eigenvalue weighted by Crippen LogP contribution is 2.18. The van der Waals surface area contributed by atoms with Gasteiger partial charge in [0.25, 0.3) is 9.05 Å². The first-order chi connectivity index (χ1) is 9.64. The Labute approximate surface area is 131 Å². The van der Waals surface area contributed by atoms with Gasteiger partial charge in [0, 0.05) is 23.6 Å². The van der Waals surface area contributed by atoms with Gasteiger partial charge in [0.1, 0.15) is 0 Å². The molecule has 1 amide bonds. The number of carbonyl (C=O) groups excluding carboxylic acids is 1. The Morgan fingerprint density at radius 3 is 2.29 bits per heavy atom. The molecule has 0 saturated carbocycles. The largest absolute Gasteiger partial charge is 0.356 e. The van der Waals surface area contributed by atoms with E-state index in [0.717, 1.165) is 12.0 Å². The van der Waals surface area contributed by atoms with Crippen LogP contribution in [0.1, 0.15) is 39.2 Å². The summed E-state index contributed by atoms with van der Waals surface area (Å²) in [6, 6.07) is 6.27. The maximum Gasteiger partial charge on any atom is 0.261 e. The second-order valence-electron chi connectivity index (χ2n) is 5.88. The molecule has 1 aromatic carbocycles. The predicted molar refractivity (Wildman–Crippen MR) is 84.9 cm³/mol. The molecule has 0 saturated heterocycles. The van der Waals surface area contributed by atoms with E-state index in [9.17, 15) is 13.2 Å². The topological polar surface area (TPSA) is 63.2 Å². The molecule has 118 valence electrons. The minimum absolute atomic E-state index is 0.00515. The number of hydrogen-bond donors (Lipinski definition) is 1. The fraction of sp³-hybridized carbons (Fsp3) is 0.533. The molecular weight excluding hydrogens is 310 g/mol. The van der Waals surface area contributed by atoms with E-state index in [4.69, 9.17) is 10.7 Å². The molecule has 0 aliphatic rings. The molecule has 0 fully saturated rings. The van der Waals surface area contributed by atoms with Gasteiger partial charge in [-0.3, -0.25) is 4.79 Å². The van der Waals surface area contributed by atoms with Crippen molar-refractivity contribution in [2.45, 2.75) is 44.9 Å². The number of benzene rings is 1. The summed E-state index contributed by atoms with van der Waals surface area (Å²) in [5.74, 6) is 0.00515. The number of amides is 1. The first-order valence-electron chi connectivity index (χ1n) is 6.94. The first-order valence-corrected chi connectivity index (χ1v) is 9.25. The molecule has 0 unspecified atom stereocenters. The lowest BCUT2D eigenvalue weighted by molar-refractivity contribution is -0.121. The fourth-order valence-corrected chi connectivity index (χ4v) is 2.40. The van der Waals surface area contributed by atoms with Crippen LogP contribution in [0.2, 0.25) is 0 Å². The Kier molecular flexibility index (Phi) is 6.23. The van der Waals surface area contributed by atoms with Crippen LogP contribution in [0.4, 0.5) is 0 Å². The zero-order chi connectivity index (χ0) is 16.1. The Morgan fingerprint density at radius 2 is 1.81 bits per heavy atom. The summed E-state index contributed by atoms with van der Waals surface area (Å²) < 4.78 is 22.2. The van der Waals surface area contributed by atoms with Crippen molar-refractivity contribution >= 4 is 25.6 Å². The number of carbonyl (C=O) groups is 1. The van der Waals surface area contributed by atoms with Gasteiger partial charge in [-0.05, 0) is 36.0 Å². The van der Waals surface area contributed by atoms with Crippen molar-refractivity contribution in [1.29, 1.82) is 0 Å². The molecule has 0 atom stereocenters. The van der Waals surface area contributed by atoms with Crippen LogP contribution in [-0.4, -0.2) is 20.9 Å². The van der Waals surface area contributed by atoms with Gasteiger partial charge in [-0.2, -0.15) is 0 Å². The minimum atomic E-state index is -3.69. The summed E-state index contributed by atoms with van der Waals surface area (Å²) in [6.45, 7) is 6.97. The van der Waals surface area contributed by atoms with Crippen LogP contribution in [-0.2, 0) is 20.3 Å². The quantitative estimate of drug-likeness (QED) is 0.781. The lowest BCUT2D eigenvalue weighted by Crippen LogP contribution is -2.33. The minimum Gasteiger partial charge on any atom is -0.356 e. The third kappa shape index (κ3) is 6.48. The van der Waals surface area contributed by atoms with Gasteiger partial charge in [-0.15, -0.1) is 0 Å². The highest BCUT2D eigenvalue weighted by molar-refractivity contribution is 8.13. The Hall–Kier alpha value is -1.07. The summed E-state index contributed by atoms with van der Waals surface area (Å²) in [6.07, 6.45) is 1.95. The maximum atomic E-state index is 11.8. The maximum absolute atomic E-state index is 11.8. The van der Waals surface area contributed by atoms with E-state index >= 15 is 0 Å². The van der Waals surface area contributed by atoms with E-state index in [0.29, 0.717) is 19.4 Å². The van der Waals surface area contributed by atoms with Crippen LogP contribution < -0.4 is 5.32 Å². The molecule has 0 aliphatic heterocycles. The van der Waals surface area contributed by atoms with E-state index in [-0.39, 0.29) is 16.2 Å². The molecule has 0 spiro atoms. The molecule has 0 radical (unpaired) electrons. The number of halogens is 1. The Morgan fingerprint density at radius 1 is 1.24 bits per heavy atom. The van der Waals surface area contributed by atoms with Gasteiger partial charge in [0.2, 0.25) is 5.91 Å². The molecular formula is C15H22ClNO3S. The van der Waals surface area contributed by atoms with E-state index in [1.807, 2.05) is 0 Å². The molecule has 0 bridgehead atoms. The second kappa shape index (κ2) is 7.27. The van der Waals surface area contributed by atoms with Crippen LogP contribution in [0.15, 0.2) is 29.2 Å². The molecule has 0 heterocycles. The van der Waals surface area contributed by atoms with Gasteiger partial charge in [-0.25, -0.2) is 8.42 Å². The molecule has 1 N–H and O–H groups in total. The lowest BCUT2D eigenvalue weighted by atomic mass is 9.90. The summed E-state index contributed by atoms with van der Waals surface area (Å²) in [5.41, 5.74) is 1.01. The zero-order valence-corrected chi connectivity index (χ0v) is 14.2. The zero-order valence-electron chi connectivity index (χ0n) is 12.6. The van der Waals surface area contributed by atoms with Crippen LogP contribution in [0.25, 0.3) is 0 Å². The van der Waals surface area contributed by atoms with Crippen molar-refractivity contribution < 1.29 is 13.2 Å². The molecule has 0 aromatic heterocycles. The normalized spacial score (nSPS) is 12.2. The number of rotatable bonds is 7. The highest BCUT2D eigenvalue weighted by Gasteiger charge is 2.16. The summed E-state index contributed by atoms with van der Waals surface area (Å²) in [5, 5.41) is 2.92. The highest BCUT2D eigenvalue weighted by atomic mass is 35.7. The molecule has 1 rings (SSSR count). The molecule has 21 heavy (non-hydrogen) atoms. The molecule has 1 aromatic rings. The van der Waals surface area contributed by atoms with E-state index in [1.165, 1.54) is 12.1 Å². The fourth-order valence-electron chi connectivity index (χ4n) is 1.63. The van der Waals surface area contributed by atoms with E-state index in [2.05, 4.69) is 26.1 Å². The van der Waals surface area contributed by atoms with E-state index < -0.39 is 9.05 Å². The molecule has 4 nitrogen and oxygen atoms in total. The van der Waals surface area contributed by atoms with Gasteiger partial charge in [0.15, 0.2) is 0 Å². The van der Waals surface area contributed by atoms with Crippen molar-refractivity contribution in [2.24, 2.45) is 5.41 Å². The monoisotopic (exact) mass is 331 g/mol. The average Bonchev–Trinajstić information content (AvgIpc) is 2.42. The predicted octanol–water partition coefficient (Wildman–Crippen LogP) is 3.10. The Balaban J connectivity index is 2.47. The summed E-state index contributed by atoms with van der Waals surface area (Å²) in [7, 11) is 1.56. The second-order valence-corrected chi connectivity index (χ2v) is 8.44. The summed E-state index contributed by atoms with van der Waals surface area (Å²) >= 11 is 0. The lowest BCUT2D eigenvalue weighted by Gasteiger charge is -2.22. The third-order valence-corrected chi connectivity index (χ3v) is 4.94. The van der Waals surface area contributed by atoms with Crippen LogP contribution in [0.3, 0.4) is 0 Å². The van der Waals surface area contributed by atoms with Crippen LogP contribution >= 0.6 is 10.7 Å². The number of hydrogen-bond acceptors (Lipinski definition) is 3. The standard InChI is InChI=1S/C15H22ClNO3S/c1-4-15(2,3)11-17-14(18)10-7-12-5-8-13(9-6-12)21(16,19)20/h5-6,8-9H,4,7,10-11H2,1-3H3,(H,17,18). The van der Waals surface area contributed by atoms with Crippen molar-refractivity contribution in [3.8, 4) is 0 Å². The van der Waals surface area contributed by atoms with E-state index in [1.54, 1.807) is 12.1 Å². The van der Waals surface area contributed by atoms with Crippen molar-refractivity contribution in [1.82, 2.24) is 5.32 Å². The van der Waals surface area contributed by atoms with Gasteiger partial charge < -0.3 is 5.32 Å². The summed E-state index contributed by atoms with van der Waals surface area (Å²) in [4.78, 5) is 11.8. The smallest absolute Gasteiger partial charge is 0.261 e. The van der Waals surface area contributed by atoms with Crippen LogP contribution in [0.5, 0.6) is 0 Å². The van der Waals surface area contributed by atoms with Crippen LogP contribution in [0, 0.1) is 5.41 Å². The SMILES string of the molecule is CCC(C)(C)CNC(=O)CCc1ccc(S(=O)(=O)Cl)cc1. The van der Waals surface area contributed by atoms with Crippen molar-refractivity contribution in [2.75, 3.05) is 6.54 Å².